The van der Waals surface area contributed by atoms with Gasteiger partial charge in [0, 0.05) is 12.8 Å². The molecule has 0 radical (unpaired) electrons. The number of aryl methyl sites for hydroxylation is 1. The number of carboxylic acids is 1. The van der Waals surface area contributed by atoms with E-state index in [1.54, 1.807) is 0 Å². The van der Waals surface area contributed by atoms with Crippen molar-refractivity contribution in [1.82, 2.24) is 5.32 Å². The third-order valence-electron chi connectivity index (χ3n) is 3.19. The number of hydrogen-bond acceptors (Lipinski definition) is 4. The Balaban J connectivity index is 2.45. The van der Waals surface area contributed by atoms with Gasteiger partial charge in [-0.3, -0.25) is 9.59 Å². The standard InChI is InChI=1S/C16H22N2O5/c1-2-23-12-6-3-11(4-7-12)5-10-15(20)18-13(16(21)22)8-9-14(17)19/h3-4,6-7,13H,2,5,8-10H2,1H3,(H2,17,19)(H,18,20)(H,21,22)/t13-/m0/s1. The maximum Gasteiger partial charge on any atom is 0.326 e. The number of ether oxygens (including phenoxy) is 1. The molecule has 23 heavy (non-hydrogen) atoms. The predicted octanol–water partition coefficient (Wildman–Crippen LogP) is 0.853. The molecule has 0 aliphatic carbocycles. The maximum atomic E-state index is 11.8. The molecule has 0 saturated carbocycles. The van der Waals surface area contributed by atoms with Gasteiger partial charge in [0.25, 0.3) is 0 Å². The Morgan fingerprint density at radius 3 is 2.39 bits per heavy atom. The van der Waals surface area contributed by atoms with Crippen molar-refractivity contribution in [2.75, 3.05) is 6.61 Å². The number of hydrogen-bond donors (Lipinski definition) is 3. The van der Waals surface area contributed by atoms with E-state index in [1.807, 2.05) is 31.2 Å². The Kier molecular flexibility index (Phi) is 7.59. The molecule has 1 atom stereocenters. The van der Waals surface area contributed by atoms with Crippen molar-refractivity contribution in [3.8, 4) is 5.75 Å². The van der Waals surface area contributed by atoms with Crippen molar-refractivity contribution in [1.29, 1.82) is 0 Å². The van der Waals surface area contributed by atoms with Crippen LogP contribution < -0.4 is 15.8 Å². The zero-order valence-corrected chi connectivity index (χ0v) is 13.1. The van der Waals surface area contributed by atoms with Crippen LogP contribution in [-0.4, -0.2) is 35.5 Å². The molecule has 7 nitrogen and oxygen atoms in total. The van der Waals surface area contributed by atoms with Crippen LogP contribution in [0, 0.1) is 0 Å². The van der Waals surface area contributed by atoms with E-state index >= 15 is 0 Å². The zero-order valence-electron chi connectivity index (χ0n) is 13.1. The number of benzene rings is 1. The van der Waals surface area contributed by atoms with Gasteiger partial charge in [0.1, 0.15) is 11.8 Å². The third-order valence-corrected chi connectivity index (χ3v) is 3.19. The van der Waals surface area contributed by atoms with Gasteiger partial charge in [-0.15, -0.1) is 0 Å². The molecular formula is C16H22N2O5. The summed E-state index contributed by atoms with van der Waals surface area (Å²) in [6.45, 7) is 2.49. The minimum atomic E-state index is -1.18. The molecule has 0 saturated heterocycles. The maximum absolute atomic E-state index is 11.8. The average molecular weight is 322 g/mol. The number of nitrogens with two attached hydrogens (primary N) is 1. The number of nitrogens with one attached hydrogen (secondary N) is 1. The molecule has 0 aliphatic rings. The highest BCUT2D eigenvalue weighted by Crippen LogP contribution is 2.13. The second-order valence-electron chi connectivity index (χ2n) is 5.04. The number of carboxylic acid groups (broad SMARTS) is 1. The molecule has 0 heterocycles. The molecule has 0 spiro atoms. The normalized spacial score (nSPS) is 11.5. The topological polar surface area (TPSA) is 119 Å². The van der Waals surface area contributed by atoms with Gasteiger partial charge in [0.2, 0.25) is 11.8 Å². The molecule has 0 fully saturated rings. The van der Waals surface area contributed by atoms with E-state index in [2.05, 4.69) is 5.32 Å². The van der Waals surface area contributed by atoms with Gasteiger partial charge in [-0.25, -0.2) is 4.79 Å². The van der Waals surface area contributed by atoms with E-state index in [0.29, 0.717) is 13.0 Å². The molecule has 0 aliphatic heterocycles. The van der Waals surface area contributed by atoms with Gasteiger partial charge >= 0.3 is 5.97 Å². The number of aliphatic carboxylic acids is 1. The lowest BCUT2D eigenvalue weighted by Crippen LogP contribution is -2.41. The Morgan fingerprint density at radius 1 is 1.22 bits per heavy atom. The third kappa shape index (κ3) is 7.30. The molecular weight excluding hydrogens is 300 g/mol. The van der Waals surface area contributed by atoms with Gasteiger partial charge < -0.3 is 20.9 Å². The summed E-state index contributed by atoms with van der Waals surface area (Å²) in [6, 6.07) is 6.27. The molecule has 1 rings (SSSR count). The Hall–Kier alpha value is -2.57. The van der Waals surface area contributed by atoms with Gasteiger partial charge in [0.15, 0.2) is 0 Å². The highest BCUT2D eigenvalue weighted by atomic mass is 16.5. The van der Waals surface area contributed by atoms with E-state index in [0.717, 1.165) is 11.3 Å². The highest BCUT2D eigenvalue weighted by molar-refractivity contribution is 5.84. The molecule has 1 aromatic carbocycles. The number of primary amides is 1. The molecule has 0 aromatic heterocycles. The largest absolute Gasteiger partial charge is 0.494 e. The number of carbonyl (C=O) groups excluding carboxylic acids is 2. The first-order chi connectivity index (χ1) is 10.9. The number of rotatable bonds is 10. The first-order valence-electron chi connectivity index (χ1n) is 7.44. The second kappa shape index (κ2) is 9.45. The molecule has 1 aromatic rings. The molecule has 126 valence electrons. The van der Waals surface area contributed by atoms with E-state index in [1.165, 1.54) is 0 Å². The molecule has 0 bridgehead atoms. The Morgan fingerprint density at radius 2 is 1.87 bits per heavy atom. The second-order valence-corrected chi connectivity index (χ2v) is 5.04. The number of amides is 2. The lowest BCUT2D eigenvalue weighted by Gasteiger charge is -2.13. The van der Waals surface area contributed by atoms with Gasteiger partial charge in [-0.05, 0) is 37.5 Å². The van der Waals surface area contributed by atoms with E-state index < -0.39 is 17.9 Å². The minimum Gasteiger partial charge on any atom is -0.494 e. The van der Waals surface area contributed by atoms with Crippen LogP contribution in [0.5, 0.6) is 5.75 Å². The summed E-state index contributed by atoms with van der Waals surface area (Å²) in [5.74, 6) is -1.39. The predicted molar refractivity (Wildman–Crippen MR) is 83.9 cm³/mol. The van der Waals surface area contributed by atoms with Crippen molar-refractivity contribution >= 4 is 17.8 Å². The van der Waals surface area contributed by atoms with Crippen LogP contribution in [0.25, 0.3) is 0 Å². The smallest absolute Gasteiger partial charge is 0.326 e. The first-order valence-corrected chi connectivity index (χ1v) is 7.44. The molecule has 0 unspecified atom stereocenters. The summed E-state index contributed by atoms with van der Waals surface area (Å²) >= 11 is 0. The SMILES string of the molecule is CCOc1ccc(CCC(=O)N[C@@H](CCC(N)=O)C(=O)O)cc1. The lowest BCUT2D eigenvalue weighted by molar-refractivity contribution is -0.142. The fraction of sp³-hybridized carbons (Fsp3) is 0.438. The monoisotopic (exact) mass is 322 g/mol. The van der Waals surface area contributed by atoms with E-state index in [4.69, 9.17) is 15.6 Å². The summed E-state index contributed by atoms with van der Waals surface area (Å²) < 4.78 is 5.33. The highest BCUT2D eigenvalue weighted by Gasteiger charge is 2.20. The van der Waals surface area contributed by atoms with Crippen molar-refractivity contribution in [2.45, 2.75) is 38.6 Å². The Labute approximate surface area is 134 Å². The van der Waals surface area contributed by atoms with Crippen molar-refractivity contribution in [3.63, 3.8) is 0 Å². The van der Waals surface area contributed by atoms with Crippen LogP contribution in [0.15, 0.2) is 24.3 Å². The summed E-state index contributed by atoms with van der Waals surface area (Å²) in [6.07, 6.45) is 0.546. The zero-order chi connectivity index (χ0) is 17.2. The molecule has 4 N–H and O–H groups in total. The fourth-order valence-corrected chi connectivity index (χ4v) is 1.99. The quantitative estimate of drug-likeness (QED) is 0.590. The summed E-state index contributed by atoms with van der Waals surface area (Å²) in [5, 5.41) is 11.4. The van der Waals surface area contributed by atoms with E-state index in [-0.39, 0.29) is 25.2 Å². The molecule has 7 heteroatoms. The first kappa shape index (κ1) is 18.5. The van der Waals surface area contributed by atoms with Gasteiger partial charge in [-0.1, -0.05) is 12.1 Å². The van der Waals surface area contributed by atoms with Crippen LogP contribution >= 0.6 is 0 Å². The summed E-state index contributed by atoms with van der Waals surface area (Å²) in [4.78, 5) is 33.6. The van der Waals surface area contributed by atoms with E-state index in [9.17, 15) is 14.4 Å². The molecule has 2 amide bonds. The lowest BCUT2D eigenvalue weighted by atomic mass is 10.1. The summed E-state index contributed by atoms with van der Waals surface area (Å²) in [7, 11) is 0. The van der Waals surface area contributed by atoms with Crippen molar-refractivity contribution in [2.24, 2.45) is 5.73 Å². The fourth-order valence-electron chi connectivity index (χ4n) is 1.99. The van der Waals surface area contributed by atoms with Crippen LogP contribution in [0.4, 0.5) is 0 Å². The van der Waals surface area contributed by atoms with Gasteiger partial charge in [-0.2, -0.15) is 0 Å². The van der Waals surface area contributed by atoms with Crippen LogP contribution in [0.2, 0.25) is 0 Å². The van der Waals surface area contributed by atoms with Crippen molar-refractivity contribution < 1.29 is 24.2 Å². The van der Waals surface area contributed by atoms with Gasteiger partial charge in [0.05, 0.1) is 6.61 Å². The van der Waals surface area contributed by atoms with Crippen LogP contribution in [0.3, 0.4) is 0 Å². The Bertz CT molecular complexity index is 542. The van der Waals surface area contributed by atoms with Crippen LogP contribution in [0.1, 0.15) is 31.7 Å². The average Bonchev–Trinajstić information content (AvgIpc) is 2.50. The minimum absolute atomic E-state index is 0.0144. The van der Waals surface area contributed by atoms with Crippen molar-refractivity contribution in [3.05, 3.63) is 29.8 Å². The summed E-state index contributed by atoms with van der Waals surface area (Å²) in [5.41, 5.74) is 5.94. The van der Waals surface area contributed by atoms with Crippen LogP contribution in [-0.2, 0) is 20.8 Å². The number of carbonyl (C=O) groups is 3.